The molecule has 1 aromatic carbocycles. The second-order valence-corrected chi connectivity index (χ2v) is 11.3. The van der Waals surface area contributed by atoms with Gasteiger partial charge in [0.25, 0.3) is 5.91 Å². The summed E-state index contributed by atoms with van der Waals surface area (Å²) in [6, 6.07) is 2.94. The molecule has 190 valence electrons. The highest BCUT2D eigenvalue weighted by Gasteiger charge is 2.30. The zero-order chi connectivity index (χ0) is 25.7. The standard InChI is InChI=1S/C23H35N3O7S/c1-14-9-7-8-10-17(14)26-34(30,31)19-13-16(11-12-18(19)32-6)21(28)33-15(2)20(27)24-22(29)25-23(3,4)5/h11-15,17,26H,7-10H2,1-6H3,(H2,24,25,27,29). The second kappa shape index (κ2) is 11.2. The molecule has 11 heteroatoms. The van der Waals surface area contributed by atoms with Gasteiger partial charge in [0.2, 0.25) is 10.0 Å². The van der Waals surface area contributed by atoms with Crippen LogP contribution in [0.3, 0.4) is 0 Å². The van der Waals surface area contributed by atoms with E-state index in [0.717, 1.165) is 31.7 Å². The van der Waals surface area contributed by atoms with Crippen LogP contribution in [0.2, 0.25) is 0 Å². The number of hydrogen-bond acceptors (Lipinski definition) is 7. The average Bonchev–Trinajstić information content (AvgIpc) is 2.73. The van der Waals surface area contributed by atoms with Gasteiger partial charge in [-0.2, -0.15) is 0 Å². The lowest BCUT2D eigenvalue weighted by Crippen LogP contribution is -2.50. The predicted molar refractivity (Wildman–Crippen MR) is 126 cm³/mol. The predicted octanol–water partition coefficient (Wildman–Crippen LogP) is 2.72. The van der Waals surface area contributed by atoms with E-state index in [1.807, 2.05) is 6.92 Å². The minimum atomic E-state index is -3.98. The van der Waals surface area contributed by atoms with Gasteiger partial charge in [-0.05, 0) is 64.7 Å². The van der Waals surface area contributed by atoms with Crippen molar-refractivity contribution in [1.29, 1.82) is 0 Å². The molecule has 1 aromatic rings. The molecule has 1 fully saturated rings. The van der Waals surface area contributed by atoms with Crippen LogP contribution < -0.4 is 20.1 Å². The lowest BCUT2D eigenvalue weighted by molar-refractivity contribution is -0.127. The SMILES string of the molecule is COc1ccc(C(=O)OC(C)C(=O)NC(=O)NC(C)(C)C)cc1S(=O)(=O)NC1CCCCC1C. The van der Waals surface area contributed by atoms with Crippen LogP contribution in [-0.4, -0.2) is 51.1 Å². The first-order valence-electron chi connectivity index (χ1n) is 11.3. The largest absolute Gasteiger partial charge is 0.495 e. The molecule has 2 rings (SSSR count). The van der Waals surface area contributed by atoms with Crippen LogP contribution in [0.25, 0.3) is 0 Å². The molecule has 0 radical (unpaired) electrons. The number of ether oxygens (including phenoxy) is 2. The van der Waals surface area contributed by atoms with Gasteiger partial charge in [0.05, 0.1) is 12.7 Å². The molecule has 0 aliphatic heterocycles. The van der Waals surface area contributed by atoms with Crippen LogP contribution in [0.4, 0.5) is 4.79 Å². The topological polar surface area (TPSA) is 140 Å². The van der Waals surface area contributed by atoms with Gasteiger partial charge >= 0.3 is 12.0 Å². The van der Waals surface area contributed by atoms with Gasteiger partial charge in [0.1, 0.15) is 10.6 Å². The summed E-state index contributed by atoms with van der Waals surface area (Å²) in [5, 5.41) is 4.67. The summed E-state index contributed by atoms with van der Waals surface area (Å²) in [7, 11) is -2.65. The third kappa shape index (κ3) is 7.69. The molecular weight excluding hydrogens is 462 g/mol. The fraction of sp³-hybridized carbons (Fsp3) is 0.609. The number of urea groups is 1. The van der Waals surface area contributed by atoms with Crippen molar-refractivity contribution in [3.8, 4) is 5.75 Å². The Morgan fingerprint density at radius 1 is 1.12 bits per heavy atom. The Balaban J connectivity index is 2.15. The summed E-state index contributed by atoms with van der Waals surface area (Å²) in [4.78, 5) is 36.5. The van der Waals surface area contributed by atoms with Crippen molar-refractivity contribution in [1.82, 2.24) is 15.4 Å². The third-order valence-electron chi connectivity index (χ3n) is 5.49. The van der Waals surface area contributed by atoms with Crippen LogP contribution in [0.5, 0.6) is 5.75 Å². The van der Waals surface area contributed by atoms with Crippen LogP contribution in [-0.2, 0) is 19.6 Å². The zero-order valence-corrected chi connectivity index (χ0v) is 21.4. The van der Waals surface area contributed by atoms with E-state index in [9.17, 15) is 22.8 Å². The summed E-state index contributed by atoms with van der Waals surface area (Å²) < 4.78 is 39.3. The van der Waals surface area contributed by atoms with Crippen LogP contribution in [0, 0.1) is 5.92 Å². The van der Waals surface area contributed by atoms with Gasteiger partial charge in [0, 0.05) is 11.6 Å². The highest BCUT2D eigenvalue weighted by atomic mass is 32.2. The van der Waals surface area contributed by atoms with E-state index < -0.39 is 39.6 Å². The molecule has 0 aromatic heterocycles. The Bertz CT molecular complexity index is 1020. The third-order valence-corrected chi connectivity index (χ3v) is 7.00. The first kappa shape index (κ1) is 27.6. The molecule has 1 aliphatic carbocycles. The molecule has 0 saturated heterocycles. The van der Waals surface area contributed by atoms with Crippen molar-refractivity contribution >= 4 is 27.9 Å². The van der Waals surface area contributed by atoms with Crippen molar-refractivity contribution in [2.24, 2.45) is 5.92 Å². The molecule has 0 bridgehead atoms. The fourth-order valence-corrected chi connectivity index (χ4v) is 5.21. The van der Waals surface area contributed by atoms with Gasteiger partial charge in [-0.15, -0.1) is 0 Å². The zero-order valence-electron chi connectivity index (χ0n) is 20.6. The van der Waals surface area contributed by atoms with Crippen molar-refractivity contribution in [3.63, 3.8) is 0 Å². The number of carbonyl (C=O) groups excluding carboxylic acids is 3. The van der Waals surface area contributed by atoms with Gasteiger partial charge < -0.3 is 14.8 Å². The van der Waals surface area contributed by atoms with Gasteiger partial charge in [-0.3, -0.25) is 10.1 Å². The highest BCUT2D eigenvalue weighted by Crippen LogP contribution is 2.29. The van der Waals surface area contributed by atoms with E-state index in [1.165, 1.54) is 26.2 Å². The summed E-state index contributed by atoms with van der Waals surface area (Å²) in [5.41, 5.74) is -0.629. The number of nitrogens with one attached hydrogen (secondary N) is 3. The minimum absolute atomic E-state index is 0.0725. The van der Waals surface area contributed by atoms with Gasteiger partial charge in [-0.25, -0.2) is 22.7 Å². The highest BCUT2D eigenvalue weighted by molar-refractivity contribution is 7.89. The summed E-state index contributed by atoms with van der Waals surface area (Å²) in [6.07, 6.45) is 2.38. The summed E-state index contributed by atoms with van der Waals surface area (Å²) in [6.45, 7) is 8.56. The summed E-state index contributed by atoms with van der Waals surface area (Å²) >= 11 is 0. The van der Waals surface area contributed by atoms with Crippen molar-refractivity contribution in [2.75, 3.05) is 7.11 Å². The van der Waals surface area contributed by atoms with Crippen LogP contribution in [0.15, 0.2) is 23.1 Å². The molecule has 1 aliphatic rings. The molecule has 1 saturated carbocycles. The van der Waals surface area contributed by atoms with Gasteiger partial charge in [-0.1, -0.05) is 19.8 Å². The minimum Gasteiger partial charge on any atom is -0.495 e. The smallest absolute Gasteiger partial charge is 0.338 e. The molecule has 3 atom stereocenters. The molecule has 10 nitrogen and oxygen atoms in total. The first-order valence-corrected chi connectivity index (χ1v) is 12.8. The molecule has 34 heavy (non-hydrogen) atoms. The molecule has 0 spiro atoms. The fourth-order valence-electron chi connectivity index (χ4n) is 3.64. The second-order valence-electron chi connectivity index (χ2n) is 9.60. The molecule has 3 N–H and O–H groups in total. The molecule has 3 amide bonds. The van der Waals surface area contributed by atoms with E-state index >= 15 is 0 Å². The molecule has 0 heterocycles. The quantitative estimate of drug-likeness (QED) is 0.492. The number of amides is 3. The Morgan fingerprint density at radius 3 is 2.35 bits per heavy atom. The number of carbonyl (C=O) groups is 3. The van der Waals surface area contributed by atoms with E-state index in [4.69, 9.17) is 9.47 Å². The Labute approximate surface area is 201 Å². The van der Waals surface area contributed by atoms with Crippen LogP contribution >= 0.6 is 0 Å². The molecular formula is C23H35N3O7S. The van der Waals surface area contributed by atoms with Crippen molar-refractivity contribution < 1.29 is 32.3 Å². The van der Waals surface area contributed by atoms with E-state index in [2.05, 4.69) is 15.4 Å². The van der Waals surface area contributed by atoms with Crippen LogP contribution in [0.1, 0.15) is 70.7 Å². The number of esters is 1. The maximum absolute atomic E-state index is 13.1. The van der Waals surface area contributed by atoms with Gasteiger partial charge in [0.15, 0.2) is 6.10 Å². The maximum Gasteiger partial charge on any atom is 0.338 e. The number of rotatable bonds is 7. The average molecular weight is 498 g/mol. The first-order chi connectivity index (χ1) is 15.7. The number of imide groups is 1. The van der Waals surface area contributed by atoms with E-state index in [1.54, 1.807) is 20.8 Å². The normalized spacial score (nSPS) is 19.6. The summed E-state index contributed by atoms with van der Waals surface area (Å²) in [5.74, 6) is -1.46. The van der Waals surface area contributed by atoms with Crippen molar-refractivity contribution in [2.45, 2.75) is 82.9 Å². The monoisotopic (exact) mass is 497 g/mol. The Hall–Kier alpha value is -2.66. The Kier molecular flexibility index (Phi) is 9.07. The maximum atomic E-state index is 13.1. The van der Waals surface area contributed by atoms with Crippen molar-refractivity contribution in [3.05, 3.63) is 23.8 Å². The lowest BCUT2D eigenvalue weighted by atomic mass is 9.87. The van der Waals surface area contributed by atoms with E-state index in [0.29, 0.717) is 0 Å². The lowest BCUT2D eigenvalue weighted by Gasteiger charge is -2.29. The van der Waals surface area contributed by atoms with E-state index in [-0.39, 0.29) is 28.2 Å². The number of methoxy groups -OCH3 is 1. The molecule has 3 unspecified atom stereocenters. The Morgan fingerprint density at radius 2 is 1.76 bits per heavy atom. The number of hydrogen-bond donors (Lipinski definition) is 3. The number of benzene rings is 1. The number of sulfonamides is 1.